The highest BCUT2D eigenvalue weighted by Gasteiger charge is 2.11. The molecule has 1 rings (SSSR count). The molecule has 0 bridgehead atoms. The summed E-state index contributed by atoms with van der Waals surface area (Å²) in [5.74, 6) is -0.868. The number of anilines is 1. The van der Waals surface area contributed by atoms with Crippen molar-refractivity contribution in [3.05, 3.63) is 17.5 Å². The van der Waals surface area contributed by atoms with E-state index >= 15 is 0 Å². The van der Waals surface area contributed by atoms with Gasteiger partial charge in [-0.1, -0.05) is 0 Å². The van der Waals surface area contributed by atoms with Crippen LogP contribution in [0.1, 0.15) is 12.8 Å². The van der Waals surface area contributed by atoms with Gasteiger partial charge in [-0.05, 0) is 23.9 Å². The maximum absolute atomic E-state index is 10.3. The van der Waals surface area contributed by atoms with Crippen LogP contribution in [0.3, 0.4) is 0 Å². The Morgan fingerprint density at radius 3 is 2.93 bits per heavy atom. The molecule has 5 heteroatoms. The predicted octanol–water partition coefficient (Wildman–Crippen LogP) is 1.41. The van der Waals surface area contributed by atoms with E-state index in [0.717, 1.165) is 5.00 Å². The summed E-state index contributed by atoms with van der Waals surface area (Å²) in [5, 5.41) is 21.1. The molecule has 0 saturated carbocycles. The van der Waals surface area contributed by atoms with E-state index in [2.05, 4.69) is 0 Å². The highest BCUT2D eigenvalue weighted by atomic mass is 32.1. The number of nitrogens with zero attached hydrogens (tertiary/aromatic N) is 1. The van der Waals surface area contributed by atoms with E-state index in [1.807, 2.05) is 29.5 Å². The van der Waals surface area contributed by atoms with Crippen molar-refractivity contribution in [2.75, 3.05) is 18.5 Å². The number of hydrogen-bond acceptors (Lipinski definition) is 4. The second kappa shape index (κ2) is 5.72. The van der Waals surface area contributed by atoms with Gasteiger partial charge in [-0.3, -0.25) is 4.79 Å². The zero-order valence-corrected chi connectivity index (χ0v) is 9.41. The normalized spacial score (nSPS) is 12.4. The Morgan fingerprint density at radius 2 is 2.40 bits per heavy atom. The standard InChI is InChI=1S/C10H15NO3S/c1-11(9-3-2-6-15-9)7-8(12)4-5-10(13)14/h2-3,6,8,12H,4-5,7H2,1H3,(H,13,14). The van der Waals surface area contributed by atoms with Crippen LogP contribution < -0.4 is 4.90 Å². The van der Waals surface area contributed by atoms with Crippen LogP contribution in [0.2, 0.25) is 0 Å². The van der Waals surface area contributed by atoms with Crippen LogP contribution in [0.15, 0.2) is 17.5 Å². The smallest absolute Gasteiger partial charge is 0.303 e. The molecule has 0 saturated heterocycles. The van der Waals surface area contributed by atoms with Gasteiger partial charge in [-0.2, -0.15) is 0 Å². The highest BCUT2D eigenvalue weighted by Crippen LogP contribution is 2.19. The maximum atomic E-state index is 10.3. The molecule has 4 nitrogen and oxygen atoms in total. The van der Waals surface area contributed by atoms with Gasteiger partial charge < -0.3 is 15.1 Å². The molecule has 84 valence electrons. The van der Waals surface area contributed by atoms with Gasteiger partial charge in [0.05, 0.1) is 11.1 Å². The molecular formula is C10H15NO3S. The van der Waals surface area contributed by atoms with Crippen LogP contribution in [-0.2, 0) is 4.79 Å². The van der Waals surface area contributed by atoms with Crippen LogP contribution in [-0.4, -0.2) is 35.9 Å². The van der Waals surface area contributed by atoms with Gasteiger partial charge in [0, 0.05) is 20.0 Å². The molecule has 15 heavy (non-hydrogen) atoms. The van der Waals surface area contributed by atoms with Gasteiger partial charge in [0.2, 0.25) is 0 Å². The SMILES string of the molecule is CN(CC(O)CCC(=O)O)c1cccs1. The lowest BCUT2D eigenvalue weighted by molar-refractivity contribution is -0.137. The summed E-state index contributed by atoms with van der Waals surface area (Å²) in [4.78, 5) is 12.2. The summed E-state index contributed by atoms with van der Waals surface area (Å²) in [6.45, 7) is 0.466. The van der Waals surface area contributed by atoms with Gasteiger partial charge in [-0.15, -0.1) is 11.3 Å². The Morgan fingerprint density at radius 1 is 1.67 bits per heavy atom. The first-order valence-electron chi connectivity index (χ1n) is 4.74. The van der Waals surface area contributed by atoms with Crippen LogP contribution in [0.4, 0.5) is 5.00 Å². The van der Waals surface area contributed by atoms with Crippen LogP contribution in [0, 0.1) is 0 Å². The average Bonchev–Trinajstić information content (AvgIpc) is 2.67. The molecule has 0 spiro atoms. The Kier molecular flexibility index (Phi) is 4.58. The second-order valence-electron chi connectivity index (χ2n) is 3.42. The summed E-state index contributed by atoms with van der Waals surface area (Å²) >= 11 is 1.60. The largest absolute Gasteiger partial charge is 0.481 e. The summed E-state index contributed by atoms with van der Waals surface area (Å²) in [6, 6.07) is 3.91. The fraction of sp³-hybridized carbons (Fsp3) is 0.500. The Balaban J connectivity index is 2.31. The minimum Gasteiger partial charge on any atom is -0.481 e. The predicted molar refractivity (Wildman–Crippen MR) is 60.5 cm³/mol. The molecule has 0 aliphatic carbocycles. The molecular weight excluding hydrogens is 214 g/mol. The Labute approximate surface area is 92.8 Å². The van der Waals surface area contributed by atoms with E-state index < -0.39 is 12.1 Å². The van der Waals surface area contributed by atoms with Gasteiger partial charge in [0.25, 0.3) is 0 Å². The molecule has 0 aromatic carbocycles. The lowest BCUT2D eigenvalue weighted by Gasteiger charge is -2.20. The molecule has 1 unspecified atom stereocenters. The first kappa shape index (κ1) is 12.0. The van der Waals surface area contributed by atoms with Crippen LogP contribution in [0.25, 0.3) is 0 Å². The van der Waals surface area contributed by atoms with Crippen molar-refractivity contribution in [2.24, 2.45) is 0 Å². The fourth-order valence-corrected chi connectivity index (χ4v) is 1.98. The first-order chi connectivity index (χ1) is 7.09. The molecule has 0 radical (unpaired) electrons. The number of aliphatic hydroxyl groups excluding tert-OH is 1. The summed E-state index contributed by atoms with van der Waals surface area (Å²) in [5.41, 5.74) is 0. The number of aliphatic hydroxyl groups is 1. The van der Waals surface area contributed by atoms with E-state index in [4.69, 9.17) is 5.11 Å². The van der Waals surface area contributed by atoms with Crippen molar-refractivity contribution in [3.63, 3.8) is 0 Å². The number of likely N-dealkylation sites (N-methyl/N-ethyl adjacent to an activating group) is 1. The summed E-state index contributed by atoms with van der Waals surface area (Å²) in [7, 11) is 1.88. The minimum absolute atomic E-state index is 0.0133. The molecule has 1 atom stereocenters. The van der Waals surface area contributed by atoms with Crippen molar-refractivity contribution in [1.82, 2.24) is 0 Å². The van der Waals surface area contributed by atoms with Crippen molar-refractivity contribution >= 4 is 22.3 Å². The molecule has 0 amide bonds. The van der Waals surface area contributed by atoms with Crippen molar-refractivity contribution in [3.8, 4) is 0 Å². The zero-order valence-electron chi connectivity index (χ0n) is 8.59. The number of aliphatic carboxylic acids is 1. The van der Waals surface area contributed by atoms with Crippen LogP contribution in [0.5, 0.6) is 0 Å². The third-order valence-corrected chi connectivity index (χ3v) is 3.04. The van der Waals surface area contributed by atoms with E-state index in [0.29, 0.717) is 13.0 Å². The van der Waals surface area contributed by atoms with Crippen molar-refractivity contribution in [1.29, 1.82) is 0 Å². The summed E-state index contributed by atoms with van der Waals surface area (Å²) < 4.78 is 0. The minimum atomic E-state index is -0.868. The molecule has 1 heterocycles. The average molecular weight is 229 g/mol. The third kappa shape index (κ3) is 4.31. The first-order valence-corrected chi connectivity index (χ1v) is 5.62. The number of hydrogen-bond donors (Lipinski definition) is 2. The topological polar surface area (TPSA) is 60.8 Å². The molecule has 1 aromatic heterocycles. The van der Waals surface area contributed by atoms with Gasteiger partial charge in [-0.25, -0.2) is 0 Å². The Hall–Kier alpha value is -1.07. The lowest BCUT2D eigenvalue weighted by atomic mass is 10.2. The molecule has 0 aliphatic rings. The van der Waals surface area contributed by atoms with E-state index in [1.165, 1.54) is 0 Å². The fourth-order valence-electron chi connectivity index (χ4n) is 1.27. The van der Waals surface area contributed by atoms with Crippen molar-refractivity contribution in [2.45, 2.75) is 18.9 Å². The zero-order chi connectivity index (χ0) is 11.3. The lowest BCUT2D eigenvalue weighted by Crippen LogP contribution is -2.28. The molecule has 0 aliphatic heterocycles. The van der Waals surface area contributed by atoms with Crippen LogP contribution >= 0.6 is 11.3 Å². The van der Waals surface area contributed by atoms with Gasteiger partial charge >= 0.3 is 5.97 Å². The van der Waals surface area contributed by atoms with E-state index in [-0.39, 0.29) is 6.42 Å². The summed E-state index contributed by atoms with van der Waals surface area (Å²) in [6.07, 6.45) is -0.280. The number of rotatable bonds is 6. The highest BCUT2D eigenvalue weighted by molar-refractivity contribution is 7.14. The Bertz CT molecular complexity index is 300. The third-order valence-electron chi connectivity index (χ3n) is 2.06. The van der Waals surface area contributed by atoms with Crippen molar-refractivity contribution < 1.29 is 15.0 Å². The molecule has 1 aromatic rings. The van der Waals surface area contributed by atoms with E-state index in [1.54, 1.807) is 11.3 Å². The second-order valence-corrected chi connectivity index (χ2v) is 4.34. The van der Waals surface area contributed by atoms with Gasteiger partial charge in [0.15, 0.2) is 0 Å². The number of thiophene rings is 1. The molecule has 0 fully saturated rings. The number of carboxylic acid groups (broad SMARTS) is 1. The van der Waals surface area contributed by atoms with E-state index in [9.17, 15) is 9.90 Å². The maximum Gasteiger partial charge on any atom is 0.303 e. The number of carbonyl (C=O) groups is 1. The number of carboxylic acids is 1. The molecule has 2 N–H and O–H groups in total. The van der Waals surface area contributed by atoms with Gasteiger partial charge in [0.1, 0.15) is 0 Å². The quantitative estimate of drug-likeness (QED) is 0.774. The monoisotopic (exact) mass is 229 g/mol.